The van der Waals surface area contributed by atoms with Crippen LogP contribution in [0.5, 0.6) is 5.75 Å². The number of hydroxylamine groups is 2. The van der Waals surface area contributed by atoms with E-state index in [4.69, 9.17) is 4.84 Å². The van der Waals surface area contributed by atoms with Gasteiger partial charge in [-0.2, -0.15) is 0 Å². The Morgan fingerprint density at radius 1 is 1.53 bits per heavy atom. The zero-order valence-corrected chi connectivity index (χ0v) is 10.1. The third-order valence-corrected chi connectivity index (χ3v) is 2.84. The zero-order chi connectivity index (χ0) is 10.8. The van der Waals surface area contributed by atoms with Crippen molar-refractivity contribution in [1.29, 1.82) is 0 Å². The van der Waals surface area contributed by atoms with Crippen LogP contribution in [0.3, 0.4) is 0 Å². The Morgan fingerprint density at radius 3 is 3.00 bits per heavy atom. The SMILES string of the molecule is O=C(c1cc(I)ccc1O)N1CCCO1. The Balaban J connectivity index is 2.27. The first-order valence-electron chi connectivity index (χ1n) is 4.62. The fourth-order valence-electron chi connectivity index (χ4n) is 1.42. The predicted molar refractivity (Wildman–Crippen MR) is 62.4 cm³/mol. The van der Waals surface area contributed by atoms with Gasteiger partial charge in [-0.15, -0.1) is 0 Å². The molecule has 1 aliphatic rings. The fraction of sp³-hybridized carbons (Fsp3) is 0.300. The number of halogens is 1. The molecule has 0 spiro atoms. The summed E-state index contributed by atoms with van der Waals surface area (Å²) >= 11 is 2.10. The summed E-state index contributed by atoms with van der Waals surface area (Å²) in [6, 6.07) is 4.92. The summed E-state index contributed by atoms with van der Waals surface area (Å²) in [5, 5.41) is 10.9. The maximum absolute atomic E-state index is 11.9. The van der Waals surface area contributed by atoms with Gasteiger partial charge in [0.25, 0.3) is 5.91 Å². The van der Waals surface area contributed by atoms with Crippen molar-refractivity contribution in [2.45, 2.75) is 6.42 Å². The van der Waals surface area contributed by atoms with Crippen LogP contribution in [0.4, 0.5) is 0 Å². The number of rotatable bonds is 1. The van der Waals surface area contributed by atoms with Crippen molar-refractivity contribution in [2.24, 2.45) is 0 Å². The molecular formula is C10H10INO3. The minimum Gasteiger partial charge on any atom is -0.507 e. The van der Waals surface area contributed by atoms with E-state index >= 15 is 0 Å². The molecule has 5 heteroatoms. The lowest BCUT2D eigenvalue weighted by Gasteiger charge is -2.14. The number of carbonyl (C=O) groups is 1. The Hall–Kier alpha value is -0.820. The lowest BCUT2D eigenvalue weighted by Crippen LogP contribution is -2.26. The van der Waals surface area contributed by atoms with Crippen LogP contribution in [0.1, 0.15) is 16.8 Å². The number of carbonyl (C=O) groups excluding carboxylic acids is 1. The Bertz CT molecular complexity index is 388. The average Bonchev–Trinajstić information content (AvgIpc) is 2.74. The van der Waals surface area contributed by atoms with E-state index in [0.29, 0.717) is 18.7 Å². The largest absolute Gasteiger partial charge is 0.507 e. The second-order valence-electron chi connectivity index (χ2n) is 3.26. The molecule has 1 heterocycles. The normalized spacial score (nSPS) is 15.7. The first-order valence-corrected chi connectivity index (χ1v) is 5.69. The van der Waals surface area contributed by atoms with Crippen LogP contribution in [0.15, 0.2) is 18.2 Å². The first kappa shape index (κ1) is 10.7. The molecule has 1 aromatic rings. The molecule has 1 aliphatic heterocycles. The molecule has 0 aromatic heterocycles. The number of phenolic OH excluding ortho intramolecular Hbond substituents is 1. The summed E-state index contributed by atoms with van der Waals surface area (Å²) in [5.41, 5.74) is 0.295. The molecule has 15 heavy (non-hydrogen) atoms. The Morgan fingerprint density at radius 2 is 2.33 bits per heavy atom. The number of amides is 1. The minimum atomic E-state index is -0.275. The van der Waals surface area contributed by atoms with Crippen molar-refractivity contribution >= 4 is 28.5 Å². The van der Waals surface area contributed by atoms with Gasteiger partial charge in [0.15, 0.2) is 0 Å². The summed E-state index contributed by atoms with van der Waals surface area (Å²) < 4.78 is 0.910. The highest BCUT2D eigenvalue weighted by atomic mass is 127. The molecule has 1 aromatic carbocycles. The molecular weight excluding hydrogens is 309 g/mol. The van der Waals surface area contributed by atoms with Crippen LogP contribution in [-0.4, -0.2) is 29.2 Å². The van der Waals surface area contributed by atoms with Crippen LogP contribution in [0.2, 0.25) is 0 Å². The van der Waals surface area contributed by atoms with Crippen LogP contribution in [-0.2, 0) is 4.84 Å². The number of hydrogen-bond acceptors (Lipinski definition) is 3. The van der Waals surface area contributed by atoms with Crippen molar-refractivity contribution in [3.8, 4) is 5.75 Å². The molecule has 0 unspecified atom stereocenters. The monoisotopic (exact) mass is 319 g/mol. The maximum atomic E-state index is 11.9. The topological polar surface area (TPSA) is 49.8 Å². The third-order valence-electron chi connectivity index (χ3n) is 2.17. The van der Waals surface area contributed by atoms with Gasteiger partial charge in [0.2, 0.25) is 0 Å². The van der Waals surface area contributed by atoms with E-state index in [9.17, 15) is 9.90 Å². The molecule has 80 valence electrons. The van der Waals surface area contributed by atoms with Crippen molar-refractivity contribution in [3.63, 3.8) is 0 Å². The van der Waals surface area contributed by atoms with Crippen molar-refractivity contribution in [1.82, 2.24) is 5.06 Å². The van der Waals surface area contributed by atoms with E-state index < -0.39 is 0 Å². The average molecular weight is 319 g/mol. The number of phenols is 1. The summed E-state index contributed by atoms with van der Waals surface area (Å²) in [7, 11) is 0. The maximum Gasteiger partial charge on any atom is 0.281 e. The first-order chi connectivity index (χ1) is 7.18. The van der Waals surface area contributed by atoms with Crippen LogP contribution < -0.4 is 0 Å². The molecule has 0 bridgehead atoms. The molecule has 2 rings (SSSR count). The molecule has 0 aliphatic carbocycles. The fourth-order valence-corrected chi connectivity index (χ4v) is 1.91. The molecule has 1 amide bonds. The van der Waals surface area contributed by atoms with Crippen molar-refractivity contribution in [3.05, 3.63) is 27.3 Å². The van der Waals surface area contributed by atoms with Gasteiger partial charge in [0, 0.05) is 3.57 Å². The lowest BCUT2D eigenvalue weighted by atomic mass is 10.2. The molecule has 0 radical (unpaired) electrons. The van der Waals surface area contributed by atoms with E-state index in [-0.39, 0.29) is 11.7 Å². The van der Waals surface area contributed by atoms with Crippen LogP contribution in [0, 0.1) is 3.57 Å². The van der Waals surface area contributed by atoms with Crippen LogP contribution >= 0.6 is 22.6 Å². The van der Waals surface area contributed by atoms with Gasteiger partial charge in [-0.05, 0) is 47.2 Å². The number of nitrogens with zero attached hydrogens (tertiary/aromatic N) is 1. The molecule has 1 N–H and O–H groups in total. The summed E-state index contributed by atoms with van der Waals surface area (Å²) in [6.45, 7) is 1.15. The van der Waals surface area contributed by atoms with Gasteiger partial charge in [-0.1, -0.05) is 0 Å². The smallest absolute Gasteiger partial charge is 0.281 e. The highest BCUT2D eigenvalue weighted by Crippen LogP contribution is 2.22. The zero-order valence-electron chi connectivity index (χ0n) is 7.94. The standard InChI is InChI=1S/C10H10INO3/c11-7-2-3-9(13)8(6-7)10(14)12-4-1-5-15-12/h2-3,6,13H,1,4-5H2. The minimum absolute atomic E-state index is 0.00378. The van der Waals surface area contributed by atoms with Crippen LogP contribution in [0.25, 0.3) is 0 Å². The van der Waals surface area contributed by atoms with Crippen molar-refractivity contribution in [2.75, 3.05) is 13.2 Å². The van der Waals surface area contributed by atoms with Gasteiger partial charge in [-0.3, -0.25) is 9.63 Å². The van der Waals surface area contributed by atoms with Gasteiger partial charge in [0.1, 0.15) is 5.75 Å². The predicted octanol–water partition coefficient (Wildman–Crippen LogP) is 1.77. The quantitative estimate of drug-likeness (QED) is 0.803. The van der Waals surface area contributed by atoms with E-state index in [0.717, 1.165) is 9.99 Å². The number of benzene rings is 1. The van der Waals surface area contributed by atoms with Crippen molar-refractivity contribution < 1.29 is 14.7 Å². The summed E-state index contributed by atoms with van der Waals surface area (Å²) in [5.74, 6) is -0.278. The van der Waals surface area contributed by atoms with Gasteiger partial charge < -0.3 is 5.11 Å². The Kier molecular flexibility index (Phi) is 3.11. The molecule has 4 nitrogen and oxygen atoms in total. The van der Waals surface area contributed by atoms with E-state index in [2.05, 4.69) is 22.6 Å². The highest BCUT2D eigenvalue weighted by Gasteiger charge is 2.23. The molecule has 1 fully saturated rings. The lowest BCUT2D eigenvalue weighted by molar-refractivity contribution is -0.0769. The van der Waals surface area contributed by atoms with E-state index in [1.54, 1.807) is 12.1 Å². The third kappa shape index (κ3) is 2.23. The molecule has 0 atom stereocenters. The van der Waals surface area contributed by atoms with E-state index in [1.165, 1.54) is 11.1 Å². The second kappa shape index (κ2) is 4.36. The summed E-state index contributed by atoms with van der Waals surface area (Å²) in [6.07, 6.45) is 0.844. The van der Waals surface area contributed by atoms with Gasteiger partial charge >= 0.3 is 0 Å². The van der Waals surface area contributed by atoms with Gasteiger partial charge in [0.05, 0.1) is 18.7 Å². The molecule has 1 saturated heterocycles. The Labute approximate surface area is 101 Å². The summed E-state index contributed by atoms with van der Waals surface area (Å²) in [4.78, 5) is 17.0. The van der Waals surface area contributed by atoms with Gasteiger partial charge in [-0.25, -0.2) is 5.06 Å². The highest BCUT2D eigenvalue weighted by molar-refractivity contribution is 14.1. The second-order valence-corrected chi connectivity index (χ2v) is 4.50. The number of hydrogen-bond donors (Lipinski definition) is 1. The number of aromatic hydroxyl groups is 1. The van der Waals surface area contributed by atoms with E-state index in [1.807, 2.05) is 0 Å². The molecule has 0 saturated carbocycles.